The summed E-state index contributed by atoms with van der Waals surface area (Å²) in [5.41, 5.74) is 2.38. The van der Waals surface area contributed by atoms with E-state index in [1.807, 2.05) is 41.3 Å². The zero-order valence-electron chi connectivity index (χ0n) is 14.2. The lowest BCUT2D eigenvalue weighted by Crippen LogP contribution is -2.39. The number of ether oxygens (including phenoxy) is 3. The molecule has 2 aromatic carbocycles. The standard InChI is InChI=1S/C20H21NO4/c1-14-17-12-19-18(24-13-25-19)11-15(17)7-9-21(14)20(22)8-10-23-16-5-3-2-4-6-16/h2-6,11-12,14H,7-10,13H2,1H3. The Labute approximate surface area is 147 Å². The average Bonchev–Trinajstić information content (AvgIpc) is 3.09. The number of hydrogen-bond acceptors (Lipinski definition) is 4. The van der Waals surface area contributed by atoms with Crippen LogP contribution in [0.2, 0.25) is 0 Å². The number of carbonyl (C=O) groups excluding carboxylic acids is 1. The predicted octanol–water partition coefficient (Wildman–Crippen LogP) is 3.33. The Kier molecular flexibility index (Phi) is 4.22. The van der Waals surface area contributed by atoms with Crippen LogP contribution in [0, 0.1) is 0 Å². The van der Waals surface area contributed by atoms with Gasteiger partial charge in [0.1, 0.15) is 5.75 Å². The molecule has 2 aliphatic rings. The fraction of sp³-hybridized carbons (Fsp3) is 0.350. The highest BCUT2D eigenvalue weighted by Crippen LogP contribution is 2.40. The molecule has 5 nitrogen and oxygen atoms in total. The van der Waals surface area contributed by atoms with Gasteiger partial charge in [-0.25, -0.2) is 0 Å². The maximum Gasteiger partial charge on any atom is 0.231 e. The Balaban J connectivity index is 1.40. The lowest BCUT2D eigenvalue weighted by atomic mass is 9.92. The van der Waals surface area contributed by atoms with Gasteiger partial charge in [0.25, 0.3) is 0 Å². The summed E-state index contributed by atoms with van der Waals surface area (Å²) in [4.78, 5) is 14.6. The molecule has 130 valence electrons. The van der Waals surface area contributed by atoms with Gasteiger partial charge in [0.05, 0.1) is 19.1 Å². The van der Waals surface area contributed by atoms with Crippen molar-refractivity contribution in [2.75, 3.05) is 19.9 Å². The first kappa shape index (κ1) is 15.8. The van der Waals surface area contributed by atoms with Gasteiger partial charge in [-0.3, -0.25) is 4.79 Å². The van der Waals surface area contributed by atoms with E-state index in [1.54, 1.807) is 0 Å². The number of carbonyl (C=O) groups is 1. The second kappa shape index (κ2) is 6.67. The highest BCUT2D eigenvalue weighted by molar-refractivity contribution is 5.77. The molecule has 0 radical (unpaired) electrons. The van der Waals surface area contributed by atoms with Gasteiger partial charge in [-0.2, -0.15) is 0 Å². The van der Waals surface area contributed by atoms with Gasteiger partial charge in [0.2, 0.25) is 12.7 Å². The van der Waals surface area contributed by atoms with E-state index < -0.39 is 0 Å². The fourth-order valence-corrected chi connectivity index (χ4v) is 3.46. The van der Waals surface area contributed by atoms with Crippen molar-refractivity contribution < 1.29 is 19.0 Å². The van der Waals surface area contributed by atoms with Crippen LogP contribution < -0.4 is 14.2 Å². The van der Waals surface area contributed by atoms with Gasteiger partial charge in [-0.1, -0.05) is 18.2 Å². The average molecular weight is 339 g/mol. The quantitative estimate of drug-likeness (QED) is 0.857. The minimum absolute atomic E-state index is 0.0301. The van der Waals surface area contributed by atoms with Crippen molar-refractivity contribution in [2.45, 2.75) is 25.8 Å². The molecule has 0 bridgehead atoms. The summed E-state index contributed by atoms with van der Waals surface area (Å²) >= 11 is 0. The largest absolute Gasteiger partial charge is 0.493 e. The Morgan fingerprint density at radius 2 is 1.96 bits per heavy atom. The van der Waals surface area contributed by atoms with Crippen LogP contribution in [0.15, 0.2) is 42.5 Å². The summed E-state index contributed by atoms with van der Waals surface area (Å²) in [6.07, 6.45) is 1.21. The number of nitrogens with zero attached hydrogens (tertiary/aromatic N) is 1. The molecule has 1 amide bonds. The zero-order chi connectivity index (χ0) is 17.2. The second-order valence-electron chi connectivity index (χ2n) is 6.33. The van der Waals surface area contributed by atoms with Gasteiger partial charge in [-0.15, -0.1) is 0 Å². The lowest BCUT2D eigenvalue weighted by molar-refractivity contribution is -0.134. The summed E-state index contributed by atoms with van der Waals surface area (Å²) in [5, 5.41) is 0. The molecule has 2 heterocycles. The summed E-state index contributed by atoms with van der Waals surface area (Å²) in [6, 6.07) is 13.7. The third kappa shape index (κ3) is 3.14. The van der Waals surface area contributed by atoms with Gasteiger partial charge in [0.15, 0.2) is 11.5 Å². The fourth-order valence-electron chi connectivity index (χ4n) is 3.46. The second-order valence-corrected chi connectivity index (χ2v) is 6.33. The lowest BCUT2D eigenvalue weighted by Gasteiger charge is -2.35. The van der Waals surface area contributed by atoms with Crippen LogP contribution in [-0.4, -0.2) is 30.8 Å². The molecule has 4 rings (SSSR count). The summed E-state index contributed by atoms with van der Waals surface area (Å²) in [5.74, 6) is 2.49. The highest BCUT2D eigenvalue weighted by atomic mass is 16.7. The molecular weight excluding hydrogens is 318 g/mol. The number of benzene rings is 2. The topological polar surface area (TPSA) is 48.0 Å². The van der Waals surface area contributed by atoms with Gasteiger partial charge >= 0.3 is 0 Å². The third-order valence-electron chi connectivity index (χ3n) is 4.82. The summed E-state index contributed by atoms with van der Waals surface area (Å²) < 4.78 is 16.6. The first-order chi connectivity index (χ1) is 12.2. The first-order valence-electron chi connectivity index (χ1n) is 8.62. The normalized spacial score (nSPS) is 18.0. The minimum atomic E-state index is 0.0301. The van der Waals surface area contributed by atoms with Gasteiger partial charge < -0.3 is 19.1 Å². The molecule has 2 aromatic rings. The van der Waals surface area contributed by atoms with E-state index >= 15 is 0 Å². The van der Waals surface area contributed by atoms with Crippen molar-refractivity contribution in [2.24, 2.45) is 0 Å². The molecule has 0 fully saturated rings. The molecule has 0 saturated heterocycles. The smallest absolute Gasteiger partial charge is 0.231 e. The molecule has 0 saturated carbocycles. The van der Waals surface area contributed by atoms with E-state index in [2.05, 4.69) is 13.0 Å². The van der Waals surface area contributed by atoms with Crippen LogP contribution in [0.5, 0.6) is 17.2 Å². The molecule has 0 aliphatic carbocycles. The van der Waals surface area contributed by atoms with Crippen molar-refractivity contribution in [1.29, 1.82) is 0 Å². The van der Waals surface area contributed by atoms with Crippen molar-refractivity contribution in [1.82, 2.24) is 4.90 Å². The summed E-state index contributed by atoms with van der Waals surface area (Å²) in [6.45, 7) is 3.44. The van der Waals surface area contributed by atoms with E-state index in [4.69, 9.17) is 14.2 Å². The first-order valence-corrected chi connectivity index (χ1v) is 8.62. The highest BCUT2D eigenvalue weighted by Gasteiger charge is 2.30. The van der Waals surface area contributed by atoms with Crippen LogP contribution in [0.3, 0.4) is 0 Å². The third-order valence-corrected chi connectivity index (χ3v) is 4.82. The Morgan fingerprint density at radius 1 is 1.20 bits per heavy atom. The van der Waals surface area contributed by atoms with Crippen LogP contribution in [0.4, 0.5) is 0 Å². The number of amides is 1. The van der Waals surface area contributed by atoms with E-state index in [0.29, 0.717) is 13.0 Å². The zero-order valence-corrected chi connectivity index (χ0v) is 14.2. The van der Waals surface area contributed by atoms with Crippen molar-refractivity contribution >= 4 is 5.91 Å². The van der Waals surface area contributed by atoms with Crippen molar-refractivity contribution in [3.8, 4) is 17.2 Å². The number of rotatable bonds is 4. The monoisotopic (exact) mass is 339 g/mol. The number of para-hydroxylation sites is 1. The van der Waals surface area contributed by atoms with E-state index in [-0.39, 0.29) is 18.7 Å². The maximum atomic E-state index is 12.6. The van der Waals surface area contributed by atoms with E-state index in [9.17, 15) is 4.79 Å². The molecule has 5 heteroatoms. The molecule has 25 heavy (non-hydrogen) atoms. The molecule has 0 N–H and O–H groups in total. The van der Waals surface area contributed by atoms with Gasteiger partial charge in [-0.05, 0) is 48.7 Å². The molecule has 1 atom stereocenters. The van der Waals surface area contributed by atoms with Crippen LogP contribution in [-0.2, 0) is 11.2 Å². The van der Waals surface area contributed by atoms with Crippen molar-refractivity contribution in [3.05, 3.63) is 53.6 Å². The number of fused-ring (bicyclic) bond motifs is 2. The molecule has 0 aromatic heterocycles. The SMILES string of the molecule is CC1c2cc3c(cc2CCN1C(=O)CCOc1ccccc1)OCO3. The Morgan fingerprint density at radius 3 is 2.76 bits per heavy atom. The van der Waals surface area contributed by atoms with E-state index in [1.165, 1.54) is 5.56 Å². The van der Waals surface area contributed by atoms with Gasteiger partial charge in [0, 0.05) is 6.54 Å². The van der Waals surface area contributed by atoms with E-state index in [0.717, 1.165) is 35.8 Å². The van der Waals surface area contributed by atoms with Crippen molar-refractivity contribution in [3.63, 3.8) is 0 Å². The Hall–Kier alpha value is -2.69. The molecule has 0 spiro atoms. The predicted molar refractivity (Wildman–Crippen MR) is 93.0 cm³/mol. The Bertz CT molecular complexity index is 775. The number of hydrogen-bond donors (Lipinski definition) is 0. The molecule has 2 aliphatic heterocycles. The molecule has 1 unspecified atom stereocenters. The minimum Gasteiger partial charge on any atom is -0.493 e. The summed E-state index contributed by atoms with van der Waals surface area (Å²) in [7, 11) is 0. The molecular formula is C20H21NO4. The maximum absolute atomic E-state index is 12.6. The van der Waals surface area contributed by atoms with Crippen LogP contribution in [0.25, 0.3) is 0 Å². The van der Waals surface area contributed by atoms with Crippen LogP contribution in [0.1, 0.15) is 30.5 Å². The van der Waals surface area contributed by atoms with Crippen LogP contribution >= 0.6 is 0 Å².